The van der Waals surface area contributed by atoms with Gasteiger partial charge in [0.2, 0.25) is 0 Å². The normalized spacial score (nSPS) is 23.9. The summed E-state index contributed by atoms with van der Waals surface area (Å²) in [6.07, 6.45) is 12.6. The summed E-state index contributed by atoms with van der Waals surface area (Å²) in [6, 6.07) is 9.76. The van der Waals surface area contributed by atoms with Crippen LogP contribution in [0.5, 0.6) is 0 Å². The molecule has 2 fully saturated rings. The van der Waals surface area contributed by atoms with E-state index >= 15 is 0 Å². The predicted molar refractivity (Wildman–Crippen MR) is 88.2 cm³/mol. The van der Waals surface area contributed by atoms with Gasteiger partial charge in [0.15, 0.2) is 0 Å². The summed E-state index contributed by atoms with van der Waals surface area (Å²) < 4.78 is 0.611. The molecule has 0 aromatic heterocycles. The SMILES string of the molecule is Cc1ccc([N+](C=O)(C2CCCCC2)C2CCCC2)cc1. The zero-order valence-electron chi connectivity index (χ0n) is 13.3. The molecule has 3 rings (SSSR count). The molecule has 2 nitrogen and oxygen atoms in total. The van der Waals surface area contributed by atoms with E-state index < -0.39 is 0 Å². The molecule has 0 aliphatic heterocycles. The molecule has 1 amide bonds. The Morgan fingerprint density at radius 2 is 1.33 bits per heavy atom. The highest BCUT2D eigenvalue weighted by atomic mass is 16.1. The summed E-state index contributed by atoms with van der Waals surface area (Å²) in [6.45, 7) is 2.12. The maximum Gasteiger partial charge on any atom is 0.307 e. The van der Waals surface area contributed by atoms with E-state index in [9.17, 15) is 4.79 Å². The van der Waals surface area contributed by atoms with Gasteiger partial charge in [-0.2, -0.15) is 0 Å². The Labute approximate surface area is 128 Å². The number of carbonyl (C=O) groups excluding carboxylic acids is 1. The Balaban J connectivity index is 2.02. The van der Waals surface area contributed by atoms with E-state index in [-0.39, 0.29) is 0 Å². The van der Waals surface area contributed by atoms with Crippen molar-refractivity contribution in [2.75, 3.05) is 0 Å². The highest BCUT2D eigenvalue weighted by molar-refractivity contribution is 5.71. The minimum absolute atomic E-state index is 0.502. The monoisotopic (exact) mass is 286 g/mol. The Hall–Kier alpha value is -1.15. The lowest BCUT2D eigenvalue weighted by molar-refractivity contribution is -0.122. The molecule has 2 saturated carbocycles. The lowest BCUT2D eigenvalue weighted by atomic mass is 9.89. The van der Waals surface area contributed by atoms with Gasteiger partial charge in [-0.15, -0.1) is 0 Å². The zero-order chi connectivity index (χ0) is 14.7. The third-order valence-corrected chi connectivity index (χ3v) is 5.76. The Bertz CT molecular complexity index is 469. The summed E-state index contributed by atoms with van der Waals surface area (Å²) in [5, 5.41) is 0. The van der Waals surface area contributed by atoms with Crippen molar-refractivity contribution in [1.82, 2.24) is 4.48 Å². The summed E-state index contributed by atoms with van der Waals surface area (Å²) in [5.74, 6) is 0. The molecule has 0 heterocycles. The van der Waals surface area contributed by atoms with Crippen LogP contribution in [0, 0.1) is 6.92 Å². The molecule has 1 atom stereocenters. The van der Waals surface area contributed by atoms with Gasteiger partial charge in [0.25, 0.3) is 0 Å². The maximum atomic E-state index is 12.4. The second-order valence-electron chi connectivity index (χ2n) is 7.01. The molecule has 21 heavy (non-hydrogen) atoms. The highest BCUT2D eigenvalue weighted by Crippen LogP contribution is 2.40. The lowest BCUT2D eigenvalue weighted by Gasteiger charge is -2.45. The van der Waals surface area contributed by atoms with Crippen molar-refractivity contribution >= 4 is 12.1 Å². The molecule has 1 aromatic carbocycles. The summed E-state index contributed by atoms with van der Waals surface area (Å²) in [7, 11) is 0. The largest absolute Gasteiger partial charge is 0.307 e. The number of nitrogens with zero attached hydrogens (tertiary/aromatic N) is 1. The van der Waals surface area contributed by atoms with Crippen molar-refractivity contribution in [2.24, 2.45) is 0 Å². The molecular formula is C19H28NO+. The number of carbonyl (C=O) groups is 1. The van der Waals surface area contributed by atoms with Gasteiger partial charge < -0.3 is 0 Å². The van der Waals surface area contributed by atoms with Crippen molar-refractivity contribution in [2.45, 2.75) is 76.8 Å². The van der Waals surface area contributed by atoms with Gasteiger partial charge in [0.05, 0.1) is 0 Å². The number of hydrogen-bond donors (Lipinski definition) is 0. The van der Waals surface area contributed by atoms with E-state index in [4.69, 9.17) is 0 Å². The maximum absolute atomic E-state index is 12.4. The summed E-state index contributed by atoms with van der Waals surface area (Å²) >= 11 is 0. The number of hydrogen-bond acceptors (Lipinski definition) is 1. The number of benzene rings is 1. The average Bonchev–Trinajstić information content (AvgIpc) is 3.06. The molecular weight excluding hydrogens is 258 g/mol. The van der Waals surface area contributed by atoms with Crippen LogP contribution in [0.4, 0.5) is 5.69 Å². The van der Waals surface area contributed by atoms with Crippen LogP contribution in [0.15, 0.2) is 24.3 Å². The van der Waals surface area contributed by atoms with Crippen LogP contribution in [-0.2, 0) is 4.79 Å². The lowest BCUT2D eigenvalue weighted by Crippen LogP contribution is -2.62. The molecule has 1 unspecified atom stereocenters. The van der Waals surface area contributed by atoms with E-state index in [1.54, 1.807) is 0 Å². The van der Waals surface area contributed by atoms with Gasteiger partial charge in [-0.25, -0.2) is 9.28 Å². The molecule has 0 saturated heterocycles. The van der Waals surface area contributed by atoms with Crippen LogP contribution in [0.1, 0.15) is 63.4 Å². The van der Waals surface area contributed by atoms with Crippen LogP contribution in [0.2, 0.25) is 0 Å². The Morgan fingerprint density at radius 3 is 1.81 bits per heavy atom. The molecule has 2 heteroatoms. The molecule has 1 aromatic rings. The number of amides is 1. The average molecular weight is 286 g/mol. The third kappa shape index (κ3) is 2.66. The van der Waals surface area contributed by atoms with Crippen molar-refractivity contribution in [3.8, 4) is 0 Å². The van der Waals surface area contributed by atoms with Gasteiger partial charge in [0, 0.05) is 25.7 Å². The zero-order valence-corrected chi connectivity index (χ0v) is 13.3. The Kier molecular flexibility index (Phi) is 4.44. The first-order valence-electron chi connectivity index (χ1n) is 8.69. The second-order valence-corrected chi connectivity index (χ2v) is 7.01. The van der Waals surface area contributed by atoms with Crippen molar-refractivity contribution in [3.05, 3.63) is 29.8 Å². The molecule has 2 aliphatic carbocycles. The summed E-state index contributed by atoms with van der Waals surface area (Å²) in [5.41, 5.74) is 2.51. The van der Waals surface area contributed by atoms with E-state index in [1.165, 1.54) is 75.4 Å². The van der Waals surface area contributed by atoms with E-state index in [0.717, 1.165) is 0 Å². The van der Waals surface area contributed by atoms with Crippen LogP contribution < -0.4 is 4.48 Å². The van der Waals surface area contributed by atoms with Gasteiger partial charge in [0.1, 0.15) is 17.8 Å². The summed E-state index contributed by atoms with van der Waals surface area (Å²) in [4.78, 5) is 12.4. The first-order valence-corrected chi connectivity index (χ1v) is 8.69. The van der Waals surface area contributed by atoms with Gasteiger partial charge >= 0.3 is 6.41 Å². The van der Waals surface area contributed by atoms with Crippen LogP contribution in [0.3, 0.4) is 0 Å². The third-order valence-electron chi connectivity index (χ3n) is 5.76. The molecule has 114 valence electrons. The van der Waals surface area contributed by atoms with E-state index in [1.807, 2.05) is 0 Å². The molecule has 0 bridgehead atoms. The number of rotatable bonds is 4. The topological polar surface area (TPSA) is 17.1 Å². The standard InChI is InChI=1S/C19H28NO/c1-16-11-13-19(14-12-16)20(15-21,18-9-5-6-10-18)17-7-3-2-4-8-17/h11-15,17-18H,2-10H2,1H3/q+1. The minimum Gasteiger partial charge on any atom is -0.233 e. The van der Waals surface area contributed by atoms with Crippen LogP contribution in [0.25, 0.3) is 0 Å². The molecule has 2 aliphatic rings. The highest BCUT2D eigenvalue weighted by Gasteiger charge is 2.47. The van der Waals surface area contributed by atoms with Gasteiger partial charge in [-0.05, 0) is 44.7 Å². The molecule has 0 spiro atoms. The predicted octanol–water partition coefficient (Wildman–Crippen LogP) is 4.73. The van der Waals surface area contributed by atoms with Crippen LogP contribution in [-0.4, -0.2) is 18.5 Å². The van der Waals surface area contributed by atoms with Crippen molar-refractivity contribution in [1.29, 1.82) is 0 Å². The van der Waals surface area contributed by atoms with Gasteiger partial charge in [-0.1, -0.05) is 24.1 Å². The molecule has 0 N–H and O–H groups in total. The van der Waals surface area contributed by atoms with E-state index in [0.29, 0.717) is 16.6 Å². The van der Waals surface area contributed by atoms with Crippen LogP contribution >= 0.6 is 0 Å². The number of aryl methyl sites for hydroxylation is 1. The quantitative estimate of drug-likeness (QED) is 0.577. The van der Waals surface area contributed by atoms with Crippen molar-refractivity contribution < 1.29 is 4.79 Å². The van der Waals surface area contributed by atoms with Gasteiger partial charge in [-0.3, -0.25) is 0 Å². The first kappa shape index (κ1) is 14.8. The second kappa shape index (κ2) is 6.31. The molecule has 0 radical (unpaired) electrons. The fourth-order valence-electron chi connectivity index (χ4n) is 4.60. The van der Waals surface area contributed by atoms with Crippen molar-refractivity contribution in [3.63, 3.8) is 0 Å². The first-order chi connectivity index (χ1) is 10.3. The minimum atomic E-state index is 0.502. The Morgan fingerprint density at radius 1 is 0.857 bits per heavy atom. The smallest absolute Gasteiger partial charge is 0.233 e. The fourth-order valence-corrected chi connectivity index (χ4v) is 4.60. The number of quaternary nitrogens is 1. The fraction of sp³-hybridized carbons (Fsp3) is 0.632. The van der Waals surface area contributed by atoms with E-state index in [2.05, 4.69) is 31.2 Å².